The van der Waals surface area contributed by atoms with Gasteiger partial charge in [0.25, 0.3) is 5.56 Å². The fourth-order valence-corrected chi connectivity index (χ4v) is 3.58. The molecule has 0 bridgehead atoms. The van der Waals surface area contributed by atoms with Gasteiger partial charge in [-0.05, 0) is 0 Å². The molecule has 3 rings (SSSR count). The normalized spacial score (nSPS) is 22.9. The standard InChI is InChI=1S/C19H23N3O10/c1-8(23)30-12-7-29-18(15(32-10(3)25)14(12)31-9(2)24)22-6-11(26)13-16(22)20-19(28-5)21(4)17(13)27/h6,12,14-15,18,26H,7H2,1-5H3/t12-,14-,15-,18-/m1/s1. The van der Waals surface area contributed by atoms with Crippen LogP contribution in [0.15, 0.2) is 11.0 Å². The number of fused-ring (bicyclic) bond motifs is 1. The minimum atomic E-state index is -1.30. The Labute approximate surface area is 181 Å². The average molecular weight is 453 g/mol. The number of nitrogens with zero attached hydrogens (tertiary/aromatic N) is 3. The summed E-state index contributed by atoms with van der Waals surface area (Å²) in [4.78, 5) is 52.0. The van der Waals surface area contributed by atoms with Crippen molar-refractivity contribution in [2.45, 2.75) is 45.3 Å². The lowest BCUT2D eigenvalue weighted by molar-refractivity contribution is -0.239. The highest BCUT2D eigenvalue weighted by molar-refractivity contribution is 5.83. The van der Waals surface area contributed by atoms with Gasteiger partial charge < -0.3 is 28.8 Å². The van der Waals surface area contributed by atoms with Crippen molar-refractivity contribution in [1.29, 1.82) is 0 Å². The summed E-state index contributed by atoms with van der Waals surface area (Å²) in [6.45, 7) is 3.22. The van der Waals surface area contributed by atoms with Crippen molar-refractivity contribution < 1.29 is 43.2 Å². The van der Waals surface area contributed by atoms with Crippen LogP contribution in [0.25, 0.3) is 11.0 Å². The topological polar surface area (TPSA) is 157 Å². The Balaban J connectivity index is 2.17. The van der Waals surface area contributed by atoms with Crippen LogP contribution < -0.4 is 10.3 Å². The van der Waals surface area contributed by atoms with Gasteiger partial charge in [0.2, 0.25) is 0 Å². The minimum Gasteiger partial charge on any atom is -0.505 e. The Morgan fingerprint density at radius 2 is 1.69 bits per heavy atom. The molecule has 0 amide bonds. The first-order valence-electron chi connectivity index (χ1n) is 9.52. The number of hydrogen-bond donors (Lipinski definition) is 1. The van der Waals surface area contributed by atoms with E-state index in [0.29, 0.717) is 0 Å². The van der Waals surface area contributed by atoms with E-state index in [-0.39, 0.29) is 23.7 Å². The molecule has 1 saturated heterocycles. The highest BCUT2D eigenvalue weighted by atomic mass is 16.6. The third-order valence-corrected chi connectivity index (χ3v) is 4.77. The Morgan fingerprint density at radius 3 is 2.25 bits per heavy atom. The summed E-state index contributed by atoms with van der Waals surface area (Å²) < 4.78 is 29.1. The molecular weight excluding hydrogens is 430 g/mol. The molecule has 0 spiro atoms. The number of carbonyl (C=O) groups excluding carboxylic acids is 3. The van der Waals surface area contributed by atoms with Gasteiger partial charge in [0.15, 0.2) is 30.2 Å². The fraction of sp³-hybridized carbons (Fsp3) is 0.526. The van der Waals surface area contributed by atoms with Crippen LogP contribution in [0, 0.1) is 0 Å². The van der Waals surface area contributed by atoms with Gasteiger partial charge in [0.1, 0.15) is 11.1 Å². The number of carbonyl (C=O) groups is 3. The Hall–Kier alpha value is -3.61. The third-order valence-electron chi connectivity index (χ3n) is 4.77. The van der Waals surface area contributed by atoms with Crippen molar-refractivity contribution in [3.05, 3.63) is 16.6 Å². The SMILES string of the molecule is COc1nc2c(c(O)cn2[C@@H]2OC[C@@H](OC(C)=O)[C@@H](OC(C)=O)[C@H]2OC(C)=O)c(=O)n1C. The summed E-state index contributed by atoms with van der Waals surface area (Å²) in [5.74, 6) is -2.49. The Morgan fingerprint density at radius 1 is 1.09 bits per heavy atom. The maximum absolute atomic E-state index is 12.7. The van der Waals surface area contributed by atoms with E-state index < -0.39 is 53.8 Å². The summed E-state index contributed by atoms with van der Waals surface area (Å²) in [5, 5.41) is 10.3. The smallest absolute Gasteiger partial charge is 0.303 e. The molecule has 174 valence electrons. The van der Waals surface area contributed by atoms with E-state index >= 15 is 0 Å². The lowest BCUT2D eigenvalue weighted by Crippen LogP contribution is -2.55. The van der Waals surface area contributed by atoms with E-state index in [1.54, 1.807) is 0 Å². The number of aromatic hydroxyl groups is 1. The van der Waals surface area contributed by atoms with Gasteiger partial charge in [-0.2, -0.15) is 4.98 Å². The molecule has 13 nitrogen and oxygen atoms in total. The molecule has 0 saturated carbocycles. The number of aromatic nitrogens is 3. The molecule has 0 radical (unpaired) electrons. The maximum Gasteiger partial charge on any atom is 0.303 e. The second-order valence-corrected chi connectivity index (χ2v) is 7.10. The quantitative estimate of drug-likeness (QED) is 0.471. The minimum absolute atomic E-state index is 0.0166. The van der Waals surface area contributed by atoms with E-state index in [4.69, 9.17) is 23.7 Å². The molecule has 2 aromatic rings. The predicted octanol–water partition coefficient (Wildman–Crippen LogP) is -0.227. The van der Waals surface area contributed by atoms with Crippen LogP contribution in [0.3, 0.4) is 0 Å². The summed E-state index contributed by atoms with van der Waals surface area (Å²) >= 11 is 0. The van der Waals surface area contributed by atoms with Crippen molar-refractivity contribution in [1.82, 2.24) is 14.1 Å². The second kappa shape index (κ2) is 8.86. The van der Waals surface area contributed by atoms with E-state index in [1.165, 1.54) is 31.8 Å². The van der Waals surface area contributed by atoms with Gasteiger partial charge in [-0.3, -0.25) is 28.3 Å². The summed E-state index contributed by atoms with van der Waals surface area (Å²) in [6, 6.07) is -0.0454. The van der Waals surface area contributed by atoms with Crippen LogP contribution in [0.1, 0.15) is 27.0 Å². The second-order valence-electron chi connectivity index (χ2n) is 7.10. The average Bonchev–Trinajstić information content (AvgIpc) is 3.02. The molecule has 0 aromatic carbocycles. The summed E-state index contributed by atoms with van der Waals surface area (Å²) in [7, 11) is 2.74. The zero-order chi connectivity index (χ0) is 23.7. The predicted molar refractivity (Wildman–Crippen MR) is 105 cm³/mol. The molecule has 1 aliphatic heterocycles. The largest absolute Gasteiger partial charge is 0.505 e. The highest BCUT2D eigenvalue weighted by Gasteiger charge is 2.48. The number of esters is 3. The molecular formula is C19H23N3O10. The van der Waals surface area contributed by atoms with Crippen molar-refractivity contribution in [2.75, 3.05) is 13.7 Å². The highest BCUT2D eigenvalue weighted by Crippen LogP contribution is 2.35. The van der Waals surface area contributed by atoms with Gasteiger partial charge in [0, 0.05) is 27.8 Å². The molecule has 1 N–H and O–H groups in total. The molecule has 0 aliphatic carbocycles. The number of methoxy groups -OCH3 is 1. The van der Waals surface area contributed by atoms with Crippen LogP contribution in [0.2, 0.25) is 0 Å². The Bertz CT molecular complexity index is 1120. The number of rotatable bonds is 5. The summed E-state index contributed by atoms with van der Waals surface area (Å²) in [5.41, 5.74) is -0.602. The molecule has 3 heterocycles. The van der Waals surface area contributed by atoms with E-state index in [2.05, 4.69) is 4.98 Å². The van der Waals surface area contributed by atoms with Gasteiger partial charge in [-0.1, -0.05) is 0 Å². The molecule has 32 heavy (non-hydrogen) atoms. The molecule has 1 aliphatic rings. The van der Waals surface area contributed by atoms with Crippen LogP contribution in [-0.4, -0.2) is 69.2 Å². The monoisotopic (exact) mass is 453 g/mol. The first kappa shape index (κ1) is 23.1. The zero-order valence-electron chi connectivity index (χ0n) is 18.1. The maximum atomic E-state index is 12.7. The lowest BCUT2D eigenvalue weighted by atomic mass is 10.0. The summed E-state index contributed by atoms with van der Waals surface area (Å²) in [6.07, 6.45) is -3.62. The van der Waals surface area contributed by atoms with E-state index in [9.17, 15) is 24.3 Å². The van der Waals surface area contributed by atoms with Crippen molar-refractivity contribution >= 4 is 28.9 Å². The van der Waals surface area contributed by atoms with E-state index in [1.807, 2.05) is 0 Å². The van der Waals surface area contributed by atoms with Crippen LogP contribution in [-0.2, 0) is 40.4 Å². The van der Waals surface area contributed by atoms with Gasteiger partial charge in [-0.15, -0.1) is 0 Å². The molecule has 2 aromatic heterocycles. The van der Waals surface area contributed by atoms with Crippen LogP contribution in [0.4, 0.5) is 0 Å². The van der Waals surface area contributed by atoms with Crippen molar-refractivity contribution in [3.8, 4) is 11.8 Å². The first-order valence-corrected chi connectivity index (χ1v) is 9.52. The zero-order valence-corrected chi connectivity index (χ0v) is 18.1. The first-order chi connectivity index (χ1) is 15.0. The molecule has 1 fully saturated rings. The van der Waals surface area contributed by atoms with E-state index in [0.717, 1.165) is 18.4 Å². The van der Waals surface area contributed by atoms with Crippen molar-refractivity contribution in [2.24, 2.45) is 7.05 Å². The lowest BCUT2D eigenvalue weighted by Gasteiger charge is -2.40. The fourth-order valence-electron chi connectivity index (χ4n) is 3.58. The van der Waals surface area contributed by atoms with Crippen molar-refractivity contribution in [3.63, 3.8) is 0 Å². The number of ether oxygens (including phenoxy) is 5. The van der Waals surface area contributed by atoms with Crippen LogP contribution in [0.5, 0.6) is 11.8 Å². The van der Waals surface area contributed by atoms with Gasteiger partial charge in [0.05, 0.1) is 19.9 Å². The van der Waals surface area contributed by atoms with Gasteiger partial charge in [-0.25, -0.2) is 0 Å². The van der Waals surface area contributed by atoms with Crippen LogP contribution >= 0.6 is 0 Å². The Kier molecular flexibility index (Phi) is 6.39. The number of hydrogen-bond acceptors (Lipinski definition) is 11. The molecule has 0 unspecified atom stereocenters. The van der Waals surface area contributed by atoms with Gasteiger partial charge >= 0.3 is 23.9 Å². The molecule has 13 heteroatoms. The third kappa shape index (κ3) is 4.23. The molecule has 4 atom stereocenters.